The summed E-state index contributed by atoms with van der Waals surface area (Å²) in [6.07, 6.45) is -1.78. The van der Waals surface area contributed by atoms with Gasteiger partial charge in [0.1, 0.15) is 11.5 Å². The third kappa shape index (κ3) is 5.28. The molecule has 2 aliphatic rings. The van der Waals surface area contributed by atoms with E-state index < -0.39 is 29.6 Å². The van der Waals surface area contributed by atoms with E-state index >= 15 is 0 Å². The molecule has 0 saturated heterocycles. The molecule has 45 heavy (non-hydrogen) atoms. The highest BCUT2D eigenvalue weighted by molar-refractivity contribution is 7.17. The van der Waals surface area contributed by atoms with Gasteiger partial charge in [-0.15, -0.1) is 11.3 Å². The number of fused-ring (bicyclic) bond motifs is 3. The number of aryl methyl sites for hydroxylation is 1. The van der Waals surface area contributed by atoms with Gasteiger partial charge < -0.3 is 14.8 Å². The summed E-state index contributed by atoms with van der Waals surface area (Å²) in [4.78, 5) is 38.2. The summed E-state index contributed by atoms with van der Waals surface area (Å²) >= 11 is 1.26. The molecule has 3 aromatic heterocycles. The van der Waals surface area contributed by atoms with E-state index in [1.807, 2.05) is 24.3 Å². The van der Waals surface area contributed by atoms with Gasteiger partial charge in [-0.05, 0) is 67.6 Å². The zero-order chi connectivity index (χ0) is 31.5. The molecule has 1 aliphatic carbocycles. The average molecular weight is 632 g/mol. The lowest BCUT2D eigenvalue weighted by Gasteiger charge is -2.23. The lowest BCUT2D eigenvalue weighted by atomic mass is 10.1. The summed E-state index contributed by atoms with van der Waals surface area (Å²) < 4.78 is 56.6. The van der Waals surface area contributed by atoms with Gasteiger partial charge in [0.25, 0.3) is 11.8 Å². The molecule has 5 aromatic rings. The number of para-hydroxylation sites is 2. The van der Waals surface area contributed by atoms with Crippen LogP contribution in [0.25, 0.3) is 21.8 Å². The third-order valence-corrected chi connectivity index (χ3v) is 9.19. The van der Waals surface area contributed by atoms with Gasteiger partial charge in [0.05, 0.1) is 33.8 Å². The standard InChI is InChI=1S/C33H25F4N5O2S/c1-18-6-4-8-22(34)28(18)40-30(43)27-16-19-14-15-41(25-11-3-2-7-21(25)29(19)45-27)31(44)24-10-5-9-23(39-24)26-17-38-32(33(35,36)37)42(26)20-12-13-20/h2-11,16-17,20H,12-15H2,1H3,(H,40,43). The Morgan fingerprint density at radius 2 is 1.80 bits per heavy atom. The van der Waals surface area contributed by atoms with Gasteiger partial charge in [0.2, 0.25) is 5.82 Å². The highest BCUT2D eigenvalue weighted by Gasteiger charge is 2.42. The van der Waals surface area contributed by atoms with Gasteiger partial charge >= 0.3 is 6.18 Å². The number of halogens is 4. The van der Waals surface area contributed by atoms with Crippen LogP contribution >= 0.6 is 11.3 Å². The first-order valence-corrected chi connectivity index (χ1v) is 15.1. The first-order valence-electron chi connectivity index (χ1n) is 14.3. The van der Waals surface area contributed by atoms with Crippen LogP contribution in [0.5, 0.6) is 0 Å². The van der Waals surface area contributed by atoms with Crippen LogP contribution in [0, 0.1) is 12.7 Å². The summed E-state index contributed by atoms with van der Waals surface area (Å²) in [6, 6.07) is 18.1. The second kappa shape index (κ2) is 11.0. The fourth-order valence-electron chi connectivity index (χ4n) is 5.68. The molecule has 12 heteroatoms. The Hall–Kier alpha value is -4.84. The number of nitrogens with one attached hydrogen (secondary N) is 1. The van der Waals surface area contributed by atoms with E-state index in [-0.39, 0.29) is 35.4 Å². The van der Waals surface area contributed by atoms with Crippen LogP contribution in [0.1, 0.15) is 56.0 Å². The van der Waals surface area contributed by atoms with E-state index in [4.69, 9.17) is 0 Å². The summed E-state index contributed by atoms with van der Waals surface area (Å²) in [5.74, 6) is -2.31. The largest absolute Gasteiger partial charge is 0.449 e. The maximum absolute atomic E-state index is 14.4. The molecule has 1 aliphatic heterocycles. The minimum absolute atomic E-state index is 0.0880. The first-order chi connectivity index (χ1) is 21.6. The van der Waals surface area contributed by atoms with Crippen molar-refractivity contribution in [3.05, 3.63) is 106 Å². The Kier molecular flexibility index (Phi) is 7.03. The van der Waals surface area contributed by atoms with Crippen molar-refractivity contribution in [1.82, 2.24) is 14.5 Å². The van der Waals surface area contributed by atoms with Crippen LogP contribution in [-0.2, 0) is 12.6 Å². The molecule has 1 fully saturated rings. The van der Waals surface area contributed by atoms with Gasteiger partial charge in [0.15, 0.2) is 0 Å². The highest BCUT2D eigenvalue weighted by atomic mass is 32.1. The summed E-state index contributed by atoms with van der Waals surface area (Å²) in [7, 11) is 0. The number of nitrogens with zero attached hydrogens (tertiary/aromatic N) is 4. The van der Waals surface area contributed by atoms with Crippen LogP contribution < -0.4 is 10.2 Å². The number of carbonyl (C=O) groups is 2. The highest BCUT2D eigenvalue weighted by Crippen LogP contribution is 2.44. The Morgan fingerprint density at radius 3 is 2.56 bits per heavy atom. The fraction of sp³-hybridized carbons (Fsp3) is 0.212. The molecular formula is C33H25F4N5O2S. The van der Waals surface area contributed by atoms with Crippen molar-refractivity contribution in [3.63, 3.8) is 0 Å². The smallest absolute Gasteiger partial charge is 0.319 e. The van der Waals surface area contributed by atoms with Gasteiger partial charge in [-0.25, -0.2) is 14.4 Å². The van der Waals surface area contributed by atoms with E-state index in [0.717, 1.165) is 22.2 Å². The molecule has 7 nitrogen and oxygen atoms in total. The molecule has 7 rings (SSSR count). The fourth-order valence-corrected chi connectivity index (χ4v) is 6.82. The molecule has 0 unspecified atom stereocenters. The number of hydrogen-bond acceptors (Lipinski definition) is 5. The summed E-state index contributed by atoms with van der Waals surface area (Å²) in [6.45, 7) is 1.99. The van der Waals surface area contributed by atoms with Crippen molar-refractivity contribution in [1.29, 1.82) is 0 Å². The lowest BCUT2D eigenvalue weighted by Crippen LogP contribution is -2.33. The van der Waals surface area contributed by atoms with E-state index in [1.165, 1.54) is 22.0 Å². The zero-order valence-electron chi connectivity index (χ0n) is 23.9. The number of imidazole rings is 1. The quantitative estimate of drug-likeness (QED) is 0.200. The Morgan fingerprint density at radius 1 is 1.02 bits per heavy atom. The topological polar surface area (TPSA) is 80.1 Å². The molecule has 1 N–H and O–H groups in total. The first kappa shape index (κ1) is 28.9. The maximum atomic E-state index is 14.4. The second-order valence-corrected chi connectivity index (χ2v) is 12.1. The average Bonchev–Trinajstić information content (AvgIpc) is 3.64. The van der Waals surface area contributed by atoms with Crippen LogP contribution in [0.3, 0.4) is 0 Å². The number of carbonyl (C=O) groups excluding carboxylic acids is 2. The molecule has 0 radical (unpaired) electrons. The van der Waals surface area contributed by atoms with Gasteiger partial charge in [-0.1, -0.05) is 36.4 Å². The predicted molar refractivity (Wildman–Crippen MR) is 163 cm³/mol. The number of aromatic nitrogens is 3. The van der Waals surface area contributed by atoms with E-state index in [1.54, 1.807) is 48.2 Å². The van der Waals surface area contributed by atoms with Crippen molar-refractivity contribution < 1.29 is 27.2 Å². The van der Waals surface area contributed by atoms with Crippen molar-refractivity contribution in [2.45, 2.75) is 38.4 Å². The summed E-state index contributed by atoms with van der Waals surface area (Å²) in [5, 5.41) is 2.69. The van der Waals surface area contributed by atoms with Gasteiger partial charge in [0, 0.05) is 23.0 Å². The number of anilines is 2. The Balaban J connectivity index is 1.20. The number of rotatable bonds is 5. The van der Waals surface area contributed by atoms with E-state index in [9.17, 15) is 27.2 Å². The van der Waals surface area contributed by atoms with Crippen molar-refractivity contribution >= 4 is 34.5 Å². The minimum atomic E-state index is -4.61. The molecule has 2 aromatic carbocycles. The maximum Gasteiger partial charge on any atom is 0.449 e. The van der Waals surface area contributed by atoms with Crippen molar-refractivity contribution in [2.24, 2.45) is 0 Å². The molecule has 0 bridgehead atoms. The normalized spacial score (nSPS) is 14.5. The molecule has 1 saturated carbocycles. The number of benzene rings is 2. The molecule has 0 atom stereocenters. The van der Waals surface area contributed by atoms with Crippen LogP contribution in [0.4, 0.5) is 28.9 Å². The SMILES string of the molecule is Cc1cccc(F)c1NC(=O)c1cc2c(s1)-c1ccccc1N(C(=O)c1cccc(-c3cnc(C(F)(F)F)n3C3CC3)n1)CC2. The Labute approximate surface area is 259 Å². The molecule has 4 heterocycles. The lowest BCUT2D eigenvalue weighted by molar-refractivity contribution is -0.147. The number of amides is 2. The molecule has 2 amide bonds. The Bertz CT molecular complexity index is 1960. The van der Waals surface area contributed by atoms with E-state index in [2.05, 4.69) is 15.3 Å². The third-order valence-electron chi connectivity index (χ3n) is 7.98. The second-order valence-electron chi connectivity index (χ2n) is 11.0. The zero-order valence-corrected chi connectivity index (χ0v) is 24.7. The molecular weight excluding hydrogens is 606 g/mol. The number of thiophene rings is 1. The van der Waals surface area contributed by atoms with Gasteiger partial charge in [-0.3, -0.25) is 9.59 Å². The van der Waals surface area contributed by atoms with Crippen LogP contribution in [0.15, 0.2) is 72.9 Å². The number of hydrogen-bond donors (Lipinski definition) is 1. The van der Waals surface area contributed by atoms with Crippen molar-refractivity contribution in [2.75, 3.05) is 16.8 Å². The minimum Gasteiger partial charge on any atom is -0.319 e. The van der Waals surface area contributed by atoms with Gasteiger partial charge in [-0.2, -0.15) is 13.2 Å². The van der Waals surface area contributed by atoms with Crippen LogP contribution in [0.2, 0.25) is 0 Å². The predicted octanol–water partition coefficient (Wildman–Crippen LogP) is 7.93. The molecule has 0 spiro atoms. The molecule has 228 valence electrons. The summed E-state index contributed by atoms with van der Waals surface area (Å²) in [5.41, 5.74) is 3.52. The number of alkyl halides is 3. The van der Waals surface area contributed by atoms with Crippen molar-refractivity contribution in [3.8, 4) is 21.8 Å². The monoisotopic (exact) mass is 631 g/mol. The van der Waals surface area contributed by atoms with Crippen LogP contribution in [-0.4, -0.2) is 32.9 Å². The number of pyridine rings is 1. The van der Waals surface area contributed by atoms with E-state index in [0.29, 0.717) is 35.4 Å².